The minimum Gasteiger partial charge on any atom is -0.343 e. The molecule has 3 nitrogen and oxygen atoms in total. The van der Waals surface area contributed by atoms with E-state index in [0.717, 1.165) is 26.4 Å². The van der Waals surface area contributed by atoms with Crippen LogP contribution in [0.3, 0.4) is 0 Å². The van der Waals surface area contributed by atoms with E-state index in [1.165, 1.54) is 0 Å². The highest BCUT2D eigenvalue weighted by molar-refractivity contribution is 7.18. The van der Waals surface area contributed by atoms with Gasteiger partial charge in [-0.25, -0.2) is 4.98 Å². The average molecular weight is 387 g/mol. The molecule has 0 bridgehead atoms. The minimum absolute atomic E-state index is 0.0227. The lowest BCUT2D eigenvalue weighted by Gasteiger charge is -2.32. The third-order valence-corrected chi connectivity index (χ3v) is 6.09. The van der Waals surface area contributed by atoms with Crippen molar-refractivity contribution in [2.75, 3.05) is 0 Å². The number of benzene rings is 3. The lowest BCUT2D eigenvalue weighted by Crippen LogP contribution is -2.44. The lowest BCUT2D eigenvalue weighted by atomic mass is 9.84. The summed E-state index contributed by atoms with van der Waals surface area (Å²) in [5.41, 5.74) is 2.55. The summed E-state index contributed by atoms with van der Waals surface area (Å²) in [6, 6.07) is 28.3. The summed E-state index contributed by atoms with van der Waals surface area (Å²) in [4.78, 5) is 17.5. The van der Waals surface area contributed by atoms with E-state index in [1.54, 1.807) is 11.3 Å². The highest BCUT2D eigenvalue weighted by Gasteiger charge is 2.30. The number of para-hydroxylation sites is 1. The molecule has 4 aromatic rings. The zero-order valence-corrected chi connectivity index (χ0v) is 16.6. The molecule has 0 aliphatic carbocycles. The number of nitrogens with zero attached hydrogens (tertiary/aromatic N) is 1. The Kier molecular flexibility index (Phi) is 5.22. The number of hydrogen-bond donors (Lipinski definition) is 1. The van der Waals surface area contributed by atoms with Crippen LogP contribution in [0.25, 0.3) is 10.2 Å². The van der Waals surface area contributed by atoms with Gasteiger partial charge in [0.1, 0.15) is 0 Å². The minimum atomic E-state index is -0.576. The third-order valence-electron chi connectivity index (χ3n) is 5.00. The SMILES string of the molecule is CC(NC(=O)CCc1nc2ccccc2s1)(c1ccccc1)c1ccccc1. The van der Waals surface area contributed by atoms with Crippen LogP contribution in [0, 0.1) is 0 Å². The Labute approximate surface area is 169 Å². The molecule has 0 spiro atoms. The molecule has 0 unspecified atom stereocenters. The third kappa shape index (κ3) is 3.82. The summed E-state index contributed by atoms with van der Waals surface area (Å²) < 4.78 is 1.16. The smallest absolute Gasteiger partial charge is 0.221 e. The van der Waals surface area contributed by atoms with Gasteiger partial charge < -0.3 is 5.32 Å². The van der Waals surface area contributed by atoms with Crippen molar-refractivity contribution in [3.05, 3.63) is 101 Å². The summed E-state index contributed by atoms with van der Waals surface area (Å²) in [6.45, 7) is 2.06. The number of aromatic nitrogens is 1. The van der Waals surface area contributed by atoms with Crippen LogP contribution in [0.1, 0.15) is 29.5 Å². The number of hydrogen-bond acceptors (Lipinski definition) is 3. The van der Waals surface area contributed by atoms with E-state index >= 15 is 0 Å². The zero-order chi connectivity index (χ0) is 19.4. The van der Waals surface area contributed by atoms with Crippen LogP contribution in [-0.4, -0.2) is 10.9 Å². The van der Waals surface area contributed by atoms with Crippen LogP contribution >= 0.6 is 11.3 Å². The number of fused-ring (bicyclic) bond motifs is 1. The molecule has 0 atom stereocenters. The number of carbonyl (C=O) groups excluding carboxylic acids is 1. The first-order valence-corrected chi connectivity index (χ1v) is 10.2. The second-order valence-electron chi connectivity index (χ2n) is 6.98. The van der Waals surface area contributed by atoms with Crippen LogP contribution in [0.2, 0.25) is 0 Å². The Morgan fingerprint density at radius 2 is 1.46 bits per heavy atom. The Hall–Kier alpha value is -2.98. The number of rotatable bonds is 6. The highest BCUT2D eigenvalue weighted by Crippen LogP contribution is 2.29. The van der Waals surface area contributed by atoms with Crippen molar-refractivity contribution in [3.8, 4) is 0 Å². The van der Waals surface area contributed by atoms with Gasteiger partial charge in [-0.3, -0.25) is 4.79 Å². The van der Waals surface area contributed by atoms with Crippen molar-refractivity contribution in [3.63, 3.8) is 0 Å². The van der Waals surface area contributed by atoms with Gasteiger partial charge >= 0.3 is 0 Å². The van der Waals surface area contributed by atoms with E-state index in [4.69, 9.17) is 0 Å². The molecule has 28 heavy (non-hydrogen) atoms. The molecule has 0 aliphatic rings. The summed E-state index contributed by atoms with van der Waals surface area (Å²) in [5.74, 6) is 0.0227. The topological polar surface area (TPSA) is 42.0 Å². The lowest BCUT2D eigenvalue weighted by molar-refractivity contribution is -0.122. The quantitative estimate of drug-likeness (QED) is 0.488. The van der Waals surface area contributed by atoms with Crippen molar-refractivity contribution in [1.29, 1.82) is 0 Å². The molecule has 140 valence electrons. The Morgan fingerprint density at radius 1 is 0.893 bits per heavy atom. The molecule has 0 saturated carbocycles. The van der Waals surface area contributed by atoms with E-state index in [9.17, 15) is 4.79 Å². The number of thiazole rings is 1. The van der Waals surface area contributed by atoms with Crippen LogP contribution in [0.15, 0.2) is 84.9 Å². The maximum Gasteiger partial charge on any atom is 0.221 e. The molecule has 3 aromatic carbocycles. The van der Waals surface area contributed by atoms with Gasteiger partial charge in [-0.1, -0.05) is 72.8 Å². The van der Waals surface area contributed by atoms with Gasteiger partial charge in [0.15, 0.2) is 0 Å². The van der Waals surface area contributed by atoms with Gasteiger partial charge in [0.05, 0.1) is 20.8 Å². The van der Waals surface area contributed by atoms with Crippen LogP contribution in [-0.2, 0) is 16.8 Å². The number of aryl methyl sites for hydroxylation is 1. The Morgan fingerprint density at radius 3 is 2.07 bits per heavy atom. The van der Waals surface area contributed by atoms with Crippen LogP contribution < -0.4 is 5.32 Å². The summed E-state index contributed by atoms with van der Waals surface area (Å²) in [6.07, 6.45) is 1.06. The first kappa shape index (κ1) is 18.4. The number of amides is 1. The van der Waals surface area contributed by atoms with Gasteiger partial charge in [0.2, 0.25) is 5.91 Å². The van der Waals surface area contributed by atoms with Crippen molar-refractivity contribution >= 4 is 27.5 Å². The van der Waals surface area contributed by atoms with E-state index in [1.807, 2.05) is 54.6 Å². The van der Waals surface area contributed by atoms with E-state index < -0.39 is 5.54 Å². The Balaban J connectivity index is 1.52. The molecule has 4 rings (SSSR count). The molecule has 4 heteroatoms. The molecular weight excluding hydrogens is 364 g/mol. The maximum atomic E-state index is 12.9. The van der Waals surface area contributed by atoms with Gasteiger partial charge in [0, 0.05) is 12.8 Å². The number of nitrogens with one attached hydrogen (secondary N) is 1. The van der Waals surface area contributed by atoms with Crippen molar-refractivity contribution in [1.82, 2.24) is 10.3 Å². The fourth-order valence-electron chi connectivity index (χ4n) is 3.44. The fraction of sp³-hybridized carbons (Fsp3) is 0.167. The van der Waals surface area contributed by atoms with Gasteiger partial charge in [-0.05, 0) is 30.2 Å². The zero-order valence-electron chi connectivity index (χ0n) is 15.8. The first-order valence-electron chi connectivity index (χ1n) is 9.42. The van der Waals surface area contributed by atoms with Gasteiger partial charge in [-0.2, -0.15) is 0 Å². The maximum absolute atomic E-state index is 12.9. The second-order valence-corrected chi connectivity index (χ2v) is 8.10. The predicted molar refractivity (Wildman–Crippen MR) is 115 cm³/mol. The van der Waals surface area contributed by atoms with Gasteiger partial charge in [-0.15, -0.1) is 11.3 Å². The molecule has 0 radical (unpaired) electrons. The summed E-state index contributed by atoms with van der Waals surface area (Å²) in [5, 5.41) is 4.27. The average Bonchev–Trinajstić information content (AvgIpc) is 3.16. The Bertz CT molecular complexity index is 1000. The molecule has 0 fully saturated rings. The molecule has 0 saturated heterocycles. The highest BCUT2D eigenvalue weighted by atomic mass is 32.1. The van der Waals surface area contributed by atoms with E-state index in [0.29, 0.717) is 12.8 Å². The molecular formula is C24H22N2OS. The normalized spacial score (nSPS) is 11.5. The van der Waals surface area contributed by atoms with Crippen molar-refractivity contribution < 1.29 is 4.79 Å². The van der Waals surface area contributed by atoms with Crippen molar-refractivity contribution in [2.45, 2.75) is 25.3 Å². The summed E-state index contributed by atoms with van der Waals surface area (Å²) >= 11 is 1.66. The van der Waals surface area contributed by atoms with Crippen molar-refractivity contribution in [2.24, 2.45) is 0 Å². The molecule has 1 heterocycles. The van der Waals surface area contributed by atoms with E-state index in [2.05, 4.69) is 47.6 Å². The largest absolute Gasteiger partial charge is 0.343 e. The summed E-state index contributed by atoms with van der Waals surface area (Å²) in [7, 11) is 0. The molecule has 1 amide bonds. The van der Waals surface area contributed by atoms with Crippen LogP contribution in [0.4, 0.5) is 0 Å². The monoisotopic (exact) mass is 386 g/mol. The first-order chi connectivity index (χ1) is 13.6. The molecule has 1 N–H and O–H groups in total. The standard InChI is InChI=1S/C24H22N2OS/c1-24(18-10-4-2-5-11-18,19-12-6-3-7-13-19)26-22(27)16-17-23-25-20-14-8-9-15-21(20)28-23/h2-15H,16-17H2,1H3,(H,26,27). The molecule has 1 aromatic heterocycles. The number of carbonyl (C=O) groups is 1. The van der Waals surface area contributed by atoms with Gasteiger partial charge in [0.25, 0.3) is 0 Å². The van der Waals surface area contributed by atoms with E-state index in [-0.39, 0.29) is 5.91 Å². The second kappa shape index (κ2) is 7.95. The predicted octanol–water partition coefficient (Wildman–Crippen LogP) is 5.31. The fourth-order valence-corrected chi connectivity index (χ4v) is 4.41. The van der Waals surface area contributed by atoms with Crippen LogP contribution in [0.5, 0.6) is 0 Å². The molecule has 0 aliphatic heterocycles.